The number of aliphatic hydroxyl groups excluding tert-OH is 1. The van der Waals surface area contributed by atoms with Gasteiger partial charge in [-0.05, 0) is 37.5 Å². The third kappa shape index (κ3) is 82.1. The fraction of sp³-hybridized carbons (Fsp3) is 0.955. The predicted molar refractivity (Wildman–Crippen MR) is 446 cm³/mol. The number of hydrogen-bond donors (Lipinski definition) is 3. The Morgan fingerprint density at radius 2 is 0.426 bits per heavy atom. The van der Waals surface area contributed by atoms with Gasteiger partial charge in [0, 0.05) is 25.7 Å². The molecule has 0 heterocycles. The molecule has 5 atom stereocenters. The second-order valence-electron chi connectivity index (χ2n) is 32.9. The van der Waals surface area contributed by atoms with E-state index in [-0.39, 0.29) is 25.7 Å². The average molecular weight is 1580 g/mol. The van der Waals surface area contributed by atoms with Gasteiger partial charge in [-0.1, -0.05) is 427 Å². The van der Waals surface area contributed by atoms with Gasteiger partial charge in [0.15, 0.2) is 12.2 Å². The Kier molecular flexibility index (Phi) is 78.8. The number of ether oxygens (including phenoxy) is 4. The molecule has 0 saturated carbocycles. The van der Waals surface area contributed by atoms with Crippen molar-refractivity contribution < 1.29 is 80.2 Å². The molecule has 0 aliphatic carbocycles. The van der Waals surface area contributed by atoms with Crippen molar-refractivity contribution in [2.24, 2.45) is 11.8 Å². The first-order valence-corrected chi connectivity index (χ1v) is 49.0. The maximum absolute atomic E-state index is 13.2. The van der Waals surface area contributed by atoms with Gasteiger partial charge in [0.1, 0.15) is 19.3 Å². The van der Waals surface area contributed by atoms with E-state index in [1.54, 1.807) is 0 Å². The maximum Gasteiger partial charge on any atom is 0.472 e. The van der Waals surface area contributed by atoms with Gasteiger partial charge in [-0.2, -0.15) is 0 Å². The van der Waals surface area contributed by atoms with E-state index in [4.69, 9.17) is 37.0 Å². The third-order valence-electron chi connectivity index (χ3n) is 21.0. The minimum Gasteiger partial charge on any atom is -0.462 e. The highest BCUT2D eigenvalue weighted by atomic mass is 31.2. The van der Waals surface area contributed by atoms with Crippen molar-refractivity contribution in [3.8, 4) is 0 Å². The molecule has 642 valence electrons. The summed E-state index contributed by atoms with van der Waals surface area (Å²) in [5.74, 6) is -0.508. The molecule has 0 amide bonds. The molecule has 0 fully saturated rings. The lowest BCUT2D eigenvalue weighted by Crippen LogP contribution is -2.30. The number of hydrogen-bond acceptors (Lipinski definition) is 15. The van der Waals surface area contributed by atoms with Crippen molar-refractivity contribution in [1.29, 1.82) is 0 Å². The molecule has 0 saturated heterocycles. The maximum atomic E-state index is 13.2. The summed E-state index contributed by atoms with van der Waals surface area (Å²) in [5.41, 5.74) is 0. The summed E-state index contributed by atoms with van der Waals surface area (Å²) in [4.78, 5) is 73.3. The Balaban J connectivity index is 5.24. The van der Waals surface area contributed by atoms with Crippen LogP contribution in [0.5, 0.6) is 0 Å². The summed E-state index contributed by atoms with van der Waals surface area (Å²) < 4.78 is 69.0. The second kappa shape index (κ2) is 80.3. The van der Waals surface area contributed by atoms with Crippen molar-refractivity contribution in [3.05, 3.63) is 0 Å². The van der Waals surface area contributed by atoms with Crippen molar-refractivity contribution in [2.45, 2.75) is 496 Å². The summed E-state index contributed by atoms with van der Waals surface area (Å²) in [7, 11) is -9.93. The van der Waals surface area contributed by atoms with Crippen LogP contribution in [0.2, 0.25) is 0 Å². The van der Waals surface area contributed by atoms with Crippen molar-refractivity contribution in [2.75, 3.05) is 39.6 Å². The van der Waals surface area contributed by atoms with Crippen LogP contribution in [0, 0.1) is 11.8 Å². The lowest BCUT2D eigenvalue weighted by Gasteiger charge is -2.21. The van der Waals surface area contributed by atoms with Crippen molar-refractivity contribution in [1.82, 2.24) is 0 Å². The Morgan fingerprint density at radius 1 is 0.250 bits per heavy atom. The van der Waals surface area contributed by atoms with Crippen molar-refractivity contribution >= 4 is 39.5 Å². The molecule has 0 rings (SSSR count). The topological polar surface area (TPSA) is 237 Å². The van der Waals surface area contributed by atoms with Crippen LogP contribution in [-0.2, 0) is 65.4 Å². The fourth-order valence-electron chi connectivity index (χ4n) is 14.0. The van der Waals surface area contributed by atoms with Crippen LogP contribution in [0.25, 0.3) is 0 Å². The first-order valence-electron chi connectivity index (χ1n) is 46.0. The molecule has 3 N–H and O–H groups in total. The lowest BCUT2D eigenvalue weighted by molar-refractivity contribution is -0.161. The molecule has 0 aromatic carbocycles. The molecule has 2 unspecified atom stereocenters. The first kappa shape index (κ1) is 106. The van der Waals surface area contributed by atoms with E-state index in [0.29, 0.717) is 25.7 Å². The summed E-state index contributed by atoms with van der Waals surface area (Å²) in [6.45, 7) is 9.73. The summed E-state index contributed by atoms with van der Waals surface area (Å²) in [5, 5.41) is 10.7. The molecule has 19 heteroatoms. The van der Waals surface area contributed by atoms with Gasteiger partial charge < -0.3 is 33.8 Å². The van der Waals surface area contributed by atoms with Crippen LogP contribution in [-0.4, -0.2) is 96.7 Å². The Bertz CT molecular complexity index is 2060. The predicted octanol–water partition coefficient (Wildman–Crippen LogP) is 27.4. The highest BCUT2D eigenvalue weighted by Gasteiger charge is 2.31. The fourth-order valence-corrected chi connectivity index (χ4v) is 15.5. The molecule has 0 aliphatic rings. The van der Waals surface area contributed by atoms with Gasteiger partial charge in [-0.15, -0.1) is 0 Å². The van der Waals surface area contributed by atoms with Gasteiger partial charge >= 0.3 is 39.5 Å². The highest BCUT2D eigenvalue weighted by Crippen LogP contribution is 2.45. The van der Waals surface area contributed by atoms with Gasteiger partial charge in [0.2, 0.25) is 0 Å². The molecule has 17 nitrogen and oxygen atoms in total. The van der Waals surface area contributed by atoms with E-state index < -0.39 is 97.5 Å². The highest BCUT2D eigenvalue weighted by molar-refractivity contribution is 7.47. The number of carbonyl (C=O) groups is 4. The monoisotopic (exact) mass is 1580 g/mol. The molecular weight excluding hydrogens is 1400 g/mol. The number of phosphoric ester groups is 2. The number of carbonyl (C=O) groups excluding carboxylic acids is 4. The summed E-state index contributed by atoms with van der Waals surface area (Å²) in [6, 6.07) is 0. The molecular formula is C89H174O17P2. The molecule has 0 aliphatic heterocycles. The average Bonchev–Trinajstić information content (AvgIpc) is 0.896. The summed E-state index contributed by atoms with van der Waals surface area (Å²) in [6.07, 6.45) is 73.6. The van der Waals surface area contributed by atoms with Crippen LogP contribution < -0.4 is 0 Å². The Hall–Kier alpha value is -1.94. The van der Waals surface area contributed by atoms with E-state index >= 15 is 0 Å². The Morgan fingerprint density at radius 3 is 0.630 bits per heavy atom. The molecule has 0 bridgehead atoms. The molecule has 0 aromatic heterocycles. The minimum atomic E-state index is -4.97. The van der Waals surface area contributed by atoms with Crippen LogP contribution in [0.4, 0.5) is 0 Å². The minimum absolute atomic E-state index is 0.108. The smallest absolute Gasteiger partial charge is 0.462 e. The zero-order valence-electron chi connectivity index (χ0n) is 71.2. The number of aliphatic hydroxyl groups is 1. The summed E-state index contributed by atoms with van der Waals surface area (Å²) >= 11 is 0. The van der Waals surface area contributed by atoms with E-state index in [2.05, 4.69) is 41.5 Å². The van der Waals surface area contributed by atoms with E-state index in [1.807, 2.05) is 0 Å². The first-order chi connectivity index (χ1) is 52.4. The largest absolute Gasteiger partial charge is 0.472 e. The zero-order chi connectivity index (χ0) is 79.2. The number of esters is 4. The SMILES string of the molecule is CCCCCCCCCCCCCCCCCCCCCCCCC(=O)O[C@H](COC(=O)CCCCCCCCCCCCCCCCCCC(C)C)COP(=O)(O)OC[C@@H](O)COP(=O)(O)OC[C@@H](COC(=O)CCCCCCCCCCCCCC)OC(=O)CCCCCCCCCCCCCCC(C)C. The zero-order valence-corrected chi connectivity index (χ0v) is 73.0. The molecule has 108 heavy (non-hydrogen) atoms. The Labute approximate surface area is 664 Å². The standard InChI is InChI=1S/C89H174O17P2/c1-7-9-11-13-15-17-19-21-22-23-24-25-26-27-28-33-36-43-49-55-61-67-73-88(93)105-85(78-100-87(92)72-66-60-54-48-42-35-32-30-29-31-34-39-45-51-57-63-69-81(3)4)80-104-108(97,98)102-76-83(90)75-101-107(95,96)103-79-84(77-99-86(91)71-65-59-53-47-41-20-18-16-14-12-10-8-2)106-89(94)74-68-62-56-50-44-38-37-40-46-52-58-64-70-82(5)6/h81-85,90H,7-80H2,1-6H3,(H,95,96)(H,97,98)/t83-,84+,85+/m0/s1. The molecule has 0 radical (unpaired) electrons. The second-order valence-corrected chi connectivity index (χ2v) is 35.8. The number of unbranched alkanes of at least 4 members (excludes halogenated alkanes) is 58. The van der Waals surface area contributed by atoms with E-state index in [9.17, 15) is 43.2 Å². The third-order valence-corrected chi connectivity index (χ3v) is 22.9. The van der Waals surface area contributed by atoms with Crippen LogP contribution >= 0.6 is 15.6 Å². The molecule has 0 spiro atoms. The lowest BCUT2D eigenvalue weighted by atomic mass is 10.0. The quantitative estimate of drug-likeness (QED) is 0.0222. The number of phosphoric acid groups is 2. The normalized spacial score (nSPS) is 13.8. The van der Waals surface area contributed by atoms with Crippen LogP contribution in [0.3, 0.4) is 0 Å². The van der Waals surface area contributed by atoms with Gasteiger partial charge in [-0.25, -0.2) is 9.13 Å². The van der Waals surface area contributed by atoms with Gasteiger partial charge in [0.05, 0.1) is 26.4 Å². The van der Waals surface area contributed by atoms with Crippen LogP contribution in [0.15, 0.2) is 0 Å². The van der Waals surface area contributed by atoms with Crippen LogP contribution in [0.1, 0.15) is 478 Å². The number of rotatable bonds is 88. The van der Waals surface area contributed by atoms with E-state index in [0.717, 1.165) is 102 Å². The van der Waals surface area contributed by atoms with Gasteiger partial charge in [0.25, 0.3) is 0 Å². The van der Waals surface area contributed by atoms with Gasteiger partial charge in [-0.3, -0.25) is 37.3 Å². The molecule has 0 aromatic rings. The van der Waals surface area contributed by atoms with E-state index in [1.165, 1.54) is 295 Å². The van der Waals surface area contributed by atoms with Crippen molar-refractivity contribution in [3.63, 3.8) is 0 Å².